The number of nitrogens with zero attached hydrogens (tertiary/aromatic N) is 1. The Hall–Kier alpha value is -2.17. The molecular formula is C17H13ClN2OS. The Morgan fingerprint density at radius 2 is 1.82 bits per heavy atom. The third-order valence-corrected chi connectivity index (χ3v) is 3.94. The van der Waals surface area contributed by atoms with Crippen molar-refractivity contribution in [3.05, 3.63) is 64.4 Å². The van der Waals surface area contributed by atoms with Gasteiger partial charge >= 0.3 is 0 Å². The number of aromatic amines is 1. The van der Waals surface area contributed by atoms with Crippen LogP contribution in [0, 0.1) is 4.64 Å². The molecule has 1 aromatic heterocycles. The van der Waals surface area contributed by atoms with E-state index in [2.05, 4.69) is 9.97 Å². The molecule has 0 aliphatic rings. The van der Waals surface area contributed by atoms with Gasteiger partial charge in [0.2, 0.25) is 0 Å². The van der Waals surface area contributed by atoms with E-state index in [1.165, 1.54) is 0 Å². The fourth-order valence-electron chi connectivity index (χ4n) is 2.16. The Morgan fingerprint density at radius 3 is 2.45 bits per heavy atom. The SMILES string of the molecule is COc1ccc(-c2cnc(-c3ccccc3Cl)c(=S)[nH]2)cc1. The van der Waals surface area contributed by atoms with Crippen LogP contribution in [-0.4, -0.2) is 17.1 Å². The normalized spacial score (nSPS) is 10.5. The number of rotatable bonds is 3. The van der Waals surface area contributed by atoms with Gasteiger partial charge in [0.05, 0.1) is 24.0 Å². The van der Waals surface area contributed by atoms with Gasteiger partial charge < -0.3 is 9.72 Å². The molecule has 0 amide bonds. The minimum absolute atomic E-state index is 0.557. The zero-order chi connectivity index (χ0) is 15.5. The van der Waals surface area contributed by atoms with Crippen molar-refractivity contribution in [2.45, 2.75) is 0 Å². The number of hydrogen-bond acceptors (Lipinski definition) is 3. The molecule has 0 saturated heterocycles. The summed E-state index contributed by atoms with van der Waals surface area (Å²) in [7, 11) is 1.64. The van der Waals surface area contributed by atoms with Crippen LogP contribution in [-0.2, 0) is 0 Å². The molecule has 1 N–H and O–H groups in total. The first-order valence-electron chi connectivity index (χ1n) is 6.67. The van der Waals surface area contributed by atoms with Crippen molar-refractivity contribution < 1.29 is 4.74 Å². The molecule has 0 radical (unpaired) electrons. The molecule has 2 aromatic carbocycles. The summed E-state index contributed by atoms with van der Waals surface area (Å²) >= 11 is 11.6. The number of ether oxygens (including phenoxy) is 1. The number of H-pyrrole nitrogens is 1. The molecule has 0 spiro atoms. The van der Waals surface area contributed by atoms with Crippen LogP contribution >= 0.6 is 23.8 Å². The van der Waals surface area contributed by atoms with Gasteiger partial charge in [-0.3, -0.25) is 4.98 Å². The molecule has 5 heteroatoms. The summed E-state index contributed by atoms with van der Waals surface area (Å²) in [5.74, 6) is 0.808. The van der Waals surface area contributed by atoms with E-state index in [4.69, 9.17) is 28.6 Å². The molecule has 3 aromatic rings. The Balaban J connectivity index is 2.02. The first-order chi connectivity index (χ1) is 10.7. The summed E-state index contributed by atoms with van der Waals surface area (Å²) in [5, 5.41) is 0.631. The Labute approximate surface area is 138 Å². The van der Waals surface area contributed by atoms with Gasteiger partial charge in [-0.25, -0.2) is 0 Å². The molecule has 0 atom stereocenters. The standard InChI is InChI=1S/C17H13ClN2OS/c1-21-12-8-6-11(7-9-12)15-10-19-16(17(22)20-15)13-4-2-3-5-14(13)18/h2-10H,1H3,(H,20,22). The van der Waals surface area contributed by atoms with Crippen molar-refractivity contribution in [1.29, 1.82) is 0 Å². The second-order valence-corrected chi connectivity index (χ2v) is 5.50. The third-order valence-electron chi connectivity index (χ3n) is 3.32. The van der Waals surface area contributed by atoms with Crippen molar-refractivity contribution in [2.75, 3.05) is 7.11 Å². The number of nitrogens with one attached hydrogen (secondary N) is 1. The average Bonchev–Trinajstić information content (AvgIpc) is 2.56. The van der Waals surface area contributed by atoms with E-state index in [-0.39, 0.29) is 0 Å². The Morgan fingerprint density at radius 1 is 1.09 bits per heavy atom. The monoisotopic (exact) mass is 328 g/mol. The van der Waals surface area contributed by atoms with Gasteiger partial charge in [0.1, 0.15) is 16.1 Å². The lowest BCUT2D eigenvalue weighted by atomic mass is 10.1. The maximum atomic E-state index is 6.21. The second kappa shape index (κ2) is 6.30. The smallest absolute Gasteiger partial charge is 0.130 e. The molecule has 1 heterocycles. The van der Waals surface area contributed by atoms with Crippen molar-refractivity contribution in [2.24, 2.45) is 0 Å². The van der Waals surface area contributed by atoms with Crippen LogP contribution < -0.4 is 4.74 Å². The third kappa shape index (κ3) is 2.89. The molecule has 3 rings (SSSR count). The highest BCUT2D eigenvalue weighted by Crippen LogP contribution is 2.28. The number of hydrogen-bond donors (Lipinski definition) is 1. The van der Waals surface area contributed by atoms with Gasteiger partial charge in [-0.2, -0.15) is 0 Å². The molecule has 0 saturated carbocycles. The topological polar surface area (TPSA) is 37.9 Å². The van der Waals surface area contributed by atoms with Crippen LogP contribution in [0.15, 0.2) is 54.7 Å². The fraction of sp³-hybridized carbons (Fsp3) is 0.0588. The first-order valence-corrected chi connectivity index (χ1v) is 7.46. The maximum Gasteiger partial charge on any atom is 0.130 e. The van der Waals surface area contributed by atoms with Gasteiger partial charge in [0.25, 0.3) is 0 Å². The Kier molecular flexibility index (Phi) is 4.22. The van der Waals surface area contributed by atoms with Crippen LogP contribution in [0.3, 0.4) is 0 Å². The molecule has 0 bridgehead atoms. The summed E-state index contributed by atoms with van der Waals surface area (Å²) in [5.41, 5.74) is 3.35. The number of halogens is 1. The minimum atomic E-state index is 0.557. The van der Waals surface area contributed by atoms with E-state index in [1.54, 1.807) is 13.3 Å². The number of aromatic nitrogens is 2. The molecule has 0 unspecified atom stereocenters. The van der Waals surface area contributed by atoms with E-state index in [0.717, 1.165) is 22.6 Å². The molecule has 0 aliphatic carbocycles. The molecule has 0 aliphatic heterocycles. The summed E-state index contributed by atoms with van der Waals surface area (Å²) in [6, 6.07) is 15.2. The van der Waals surface area contributed by atoms with Crippen LogP contribution in [0.2, 0.25) is 5.02 Å². The van der Waals surface area contributed by atoms with E-state index in [0.29, 0.717) is 15.4 Å². The first kappa shape index (κ1) is 14.8. The molecule has 110 valence electrons. The van der Waals surface area contributed by atoms with E-state index >= 15 is 0 Å². The summed E-state index contributed by atoms with van der Waals surface area (Å²) in [6.45, 7) is 0. The lowest BCUT2D eigenvalue weighted by molar-refractivity contribution is 0.415. The second-order valence-electron chi connectivity index (χ2n) is 4.68. The lowest BCUT2D eigenvalue weighted by Gasteiger charge is -2.07. The highest BCUT2D eigenvalue weighted by molar-refractivity contribution is 7.71. The molecule has 0 fully saturated rings. The van der Waals surface area contributed by atoms with Gasteiger partial charge in [-0.05, 0) is 35.9 Å². The zero-order valence-electron chi connectivity index (χ0n) is 11.8. The van der Waals surface area contributed by atoms with Gasteiger partial charge in [0.15, 0.2) is 0 Å². The maximum absolute atomic E-state index is 6.21. The van der Waals surface area contributed by atoms with Crippen LogP contribution in [0.4, 0.5) is 0 Å². The largest absolute Gasteiger partial charge is 0.497 e. The van der Waals surface area contributed by atoms with Crippen molar-refractivity contribution in [3.8, 4) is 28.3 Å². The molecule has 3 nitrogen and oxygen atoms in total. The van der Waals surface area contributed by atoms with Crippen LogP contribution in [0.25, 0.3) is 22.5 Å². The Bertz CT molecular complexity index is 859. The van der Waals surface area contributed by atoms with Gasteiger partial charge in [-0.15, -0.1) is 0 Å². The predicted molar refractivity (Wildman–Crippen MR) is 91.9 cm³/mol. The number of benzene rings is 2. The quantitative estimate of drug-likeness (QED) is 0.677. The van der Waals surface area contributed by atoms with Crippen molar-refractivity contribution in [3.63, 3.8) is 0 Å². The zero-order valence-corrected chi connectivity index (χ0v) is 13.4. The highest BCUT2D eigenvalue weighted by atomic mass is 35.5. The van der Waals surface area contributed by atoms with Crippen molar-refractivity contribution >= 4 is 23.8 Å². The predicted octanol–water partition coefficient (Wildman–Crippen LogP) is 5.14. The number of methoxy groups -OCH3 is 1. The lowest BCUT2D eigenvalue weighted by Crippen LogP contribution is -1.92. The van der Waals surface area contributed by atoms with Crippen molar-refractivity contribution in [1.82, 2.24) is 9.97 Å². The molecule has 22 heavy (non-hydrogen) atoms. The van der Waals surface area contributed by atoms with Crippen LogP contribution in [0.5, 0.6) is 5.75 Å². The summed E-state index contributed by atoms with van der Waals surface area (Å²) < 4.78 is 5.71. The van der Waals surface area contributed by atoms with Gasteiger partial charge in [-0.1, -0.05) is 42.0 Å². The van der Waals surface area contributed by atoms with E-state index in [1.807, 2.05) is 48.5 Å². The summed E-state index contributed by atoms with van der Waals surface area (Å²) in [6.07, 6.45) is 1.76. The van der Waals surface area contributed by atoms with E-state index < -0.39 is 0 Å². The van der Waals surface area contributed by atoms with E-state index in [9.17, 15) is 0 Å². The average molecular weight is 329 g/mol. The van der Waals surface area contributed by atoms with Crippen LogP contribution in [0.1, 0.15) is 0 Å². The minimum Gasteiger partial charge on any atom is -0.497 e. The summed E-state index contributed by atoms with van der Waals surface area (Å²) in [4.78, 5) is 7.69. The highest BCUT2D eigenvalue weighted by Gasteiger charge is 2.08. The van der Waals surface area contributed by atoms with Gasteiger partial charge in [0, 0.05) is 5.56 Å². The fourth-order valence-corrected chi connectivity index (χ4v) is 2.66. The molecular weight excluding hydrogens is 316 g/mol.